The number of carbonyl (C=O) groups is 2. The summed E-state index contributed by atoms with van der Waals surface area (Å²) in [6.45, 7) is 0. The van der Waals surface area contributed by atoms with Gasteiger partial charge in [-0.1, -0.05) is 0 Å². The lowest BCUT2D eigenvalue weighted by Crippen LogP contribution is -2.03. The number of hydrogen-bond acceptors (Lipinski definition) is 4. The number of carbonyl (C=O) groups excluding carboxylic acids is 2. The molecular weight excluding hydrogens is 313 g/mol. The van der Waals surface area contributed by atoms with Gasteiger partial charge in [0.1, 0.15) is 5.82 Å². The van der Waals surface area contributed by atoms with Gasteiger partial charge >= 0.3 is 5.97 Å². The summed E-state index contributed by atoms with van der Waals surface area (Å²) in [5.41, 5.74) is 2.27. The Kier molecular flexibility index (Phi) is 4.46. The molecule has 2 aromatic heterocycles. The van der Waals surface area contributed by atoms with Crippen molar-refractivity contribution in [2.24, 2.45) is 0 Å². The number of nitrogens with one attached hydrogen (secondary N) is 1. The minimum atomic E-state index is -0.344. The number of H-pyrrole nitrogens is 1. The highest BCUT2D eigenvalue weighted by molar-refractivity contribution is 5.98. The Morgan fingerprint density at radius 2 is 2.08 bits per heavy atom. The summed E-state index contributed by atoms with van der Waals surface area (Å²) >= 11 is 0. The maximum atomic E-state index is 13.4. The Labute approximate surface area is 137 Å². The average molecular weight is 329 g/mol. The van der Waals surface area contributed by atoms with E-state index in [0.29, 0.717) is 12.0 Å². The van der Waals surface area contributed by atoms with Crippen molar-refractivity contribution in [3.8, 4) is 11.1 Å². The number of aromatic amines is 1. The van der Waals surface area contributed by atoms with Crippen molar-refractivity contribution in [2.45, 2.75) is 19.3 Å². The molecule has 0 bridgehead atoms. The summed E-state index contributed by atoms with van der Waals surface area (Å²) < 4.78 is 23.3. The topological polar surface area (TPSA) is 72.3 Å². The number of furan rings is 1. The molecule has 0 aliphatic carbocycles. The number of benzene rings is 1. The van der Waals surface area contributed by atoms with E-state index in [9.17, 15) is 14.0 Å². The van der Waals surface area contributed by atoms with E-state index in [1.807, 2.05) is 0 Å². The normalized spacial score (nSPS) is 10.9. The number of methoxy groups -OCH3 is 1. The van der Waals surface area contributed by atoms with Crippen LogP contribution in [-0.2, 0) is 9.53 Å². The van der Waals surface area contributed by atoms with Crippen LogP contribution < -0.4 is 0 Å². The predicted octanol–water partition coefficient (Wildman–Crippen LogP) is 4.09. The fraction of sp³-hybridized carbons (Fsp3) is 0.222. The Morgan fingerprint density at radius 1 is 1.25 bits per heavy atom. The molecule has 0 unspecified atom stereocenters. The standard InChI is InChI=1S/C18H16FNO4/c1-23-18(22)4-2-3-16(21)17-7-11(10-24-17)14-9-20-15-6-5-12(19)8-13(14)15/h5-10,20H,2-4H2,1H3. The molecule has 124 valence electrons. The minimum Gasteiger partial charge on any atom is -0.469 e. The molecule has 3 aromatic rings. The monoisotopic (exact) mass is 329 g/mol. The lowest BCUT2D eigenvalue weighted by atomic mass is 10.1. The third kappa shape index (κ3) is 3.22. The van der Waals surface area contributed by atoms with Gasteiger partial charge in [-0.2, -0.15) is 0 Å². The quantitative estimate of drug-likeness (QED) is 0.546. The molecular formula is C18H16FNO4. The van der Waals surface area contributed by atoms with Gasteiger partial charge in [-0.15, -0.1) is 0 Å². The fourth-order valence-corrected chi connectivity index (χ4v) is 2.57. The molecule has 5 nitrogen and oxygen atoms in total. The highest BCUT2D eigenvalue weighted by Gasteiger charge is 2.15. The van der Waals surface area contributed by atoms with Crippen LogP contribution in [0.1, 0.15) is 29.8 Å². The maximum Gasteiger partial charge on any atom is 0.305 e. The number of ether oxygens (including phenoxy) is 1. The van der Waals surface area contributed by atoms with Gasteiger partial charge in [0.25, 0.3) is 0 Å². The van der Waals surface area contributed by atoms with Crippen LogP contribution in [0.2, 0.25) is 0 Å². The summed E-state index contributed by atoms with van der Waals surface area (Å²) in [7, 11) is 1.31. The highest BCUT2D eigenvalue weighted by atomic mass is 19.1. The zero-order valence-corrected chi connectivity index (χ0v) is 13.1. The first-order valence-corrected chi connectivity index (χ1v) is 7.54. The second kappa shape index (κ2) is 6.70. The summed E-state index contributed by atoms with van der Waals surface area (Å²) in [6.07, 6.45) is 4.02. The number of esters is 1. The molecule has 1 aromatic carbocycles. The number of aromatic nitrogens is 1. The molecule has 24 heavy (non-hydrogen) atoms. The van der Waals surface area contributed by atoms with Gasteiger partial charge in [-0.25, -0.2) is 4.39 Å². The molecule has 2 heterocycles. The van der Waals surface area contributed by atoms with E-state index in [-0.39, 0.29) is 36.2 Å². The molecule has 0 aliphatic rings. The molecule has 0 atom stereocenters. The maximum absolute atomic E-state index is 13.4. The molecule has 0 fully saturated rings. The van der Waals surface area contributed by atoms with Crippen molar-refractivity contribution >= 4 is 22.7 Å². The predicted molar refractivity (Wildman–Crippen MR) is 86.2 cm³/mol. The first-order chi connectivity index (χ1) is 11.6. The molecule has 0 amide bonds. The van der Waals surface area contributed by atoms with Crippen molar-refractivity contribution in [3.63, 3.8) is 0 Å². The van der Waals surface area contributed by atoms with Crippen LogP contribution in [0.25, 0.3) is 22.0 Å². The van der Waals surface area contributed by atoms with Gasteiger partial charge in [0, 0.05) is 41.1 Å². The van der Waals surface area contributed by atoms with Crippen molar-refractivity contribution in [1.29, 1.82) is 0 Å². The van der Waals surface area contributed by atoms with Crippen molar-refractivity contribution < 1.29 is 23.1 Å². The van der Waals surface area contributed by atoms with Crippen molar-refractivity contribution in [1.82, 2.24) is 4.98 Å². The molecule has 3 rings (SSSR count). The van der Waals surface area contributed by atoms with E-state index in [1.54, 1.807) is 18.3 Å². The zero-order chi connectivity index (χ0) is 17.1. The van der Waals surface area contributed by atoms with Gasteiger partial charge in [-0.3, -0.25) is 9.59 Å². The highest BCUT2D eigenvalue weighted by Crippen LogP contribution is 2.30. The van der Waals surface area contributed by atoms with E-state index >= 15 is 0 Å². The molecule has 0 aliphatic heterocycles. The largest absolute Gasteiger partial charge is 0.469 e. The summed E-state index contributed by atoms with van der Waals surface area (Å²) in [6, 6.07) is 6.11. The van der Waals surface area contributed by atoms with Gasteiger partial charge in [0.2, 0.25) is 0 Å². The van der Waals surface area contributed by atoms with Crippen LogP contribution >= 0.6 is 0 Å². The lowest BCUT2D eigenvalue weighted by Gasteiger charge is -1.98. The number of halogens is 1. The van der Waals surface area contributed by atoms with Crippen LogP contribution in [0.4, 0.5) is 4.39 Å². The molecule has 1 N–H and O–H groups in total. The minimum absolute atomic E-state index is 0.184. The Bertz CT molecular complexity index is 893. The average Bonchev–Trinajstić information content (AvgIpc) is 3.20. The summed E-state index contributed by atoms with van der Waals surface area (Å²) in [5, 5.41) is 0.723. The van der Waals surface area contributed by atoms with Crippen LogP contribution in [0.3, 0.4) is 0 Å². The smallest absolute Gasteiger partial charge is 0.305 e. The number of fused-ring (bicyclic) bond motifs is 1. The first-order valence-electron chi connectivity index (χ1n) is 7.54. The second-order valence-corrected chi connectivity index (χ2v) is 5.44. The number of ketones is 1. The van der Waals surface area contributed by atoms with Gasteiger partial charge in [0.05, 0.1) is 13.4 Å². The Hall–Kier alpha value is -2.89. The number of rotatable bonds is 6. The summed E-state index contributed by atoms with van der Waals surface area (Å²) in [5.74, 6) is -0.633. The number of Topliss-reactive ketones (excluding diaryl/α,β-unsaturated/α-hetero) is 1. The Morgan fingerprint density at radius 3 is 2.88 bits per heavy atom. The third-order valence-corrected chi connectivity index (χ3v) is 3.84. The van der Waals surface area contributed by atoms with E-state index < -0.39 is 0 Å². The molecule has 0 saturated carbocycles. The molecule has 0 spiro atoms. The molecule has 0 saturated heterocycles. The SMILES string of the molecule is COC(=O)CCCC(=O)c1cc(-c2c[nH]c3ccc(F)cc23)co1. The van der Waals surface area contributed by atoms with E-state index in [2.05, 4.69) is 9.72 Å². The van der Waals surface area contributed by atoms with Gasteiger partial charge in [0.15, 0.2) is 11.5 Å². The van der Waals surface area contributed by atoms with E-state index in [1.165, 1.54) is 25.5 Å². The van der Waals surface area contributed by atoms with Gasteiger partial charge in [-0.05, 0) is 30.7 Å². The van der Waals surface area contributed by atoms with Crippen molar-refractivity contribution in [3.05, 3.63) is 48.3 Å². The van der Waals surface area contributed by atoms with Crippen LogP contribution in [0.15, 0.2) is 41.1 Å². The van der Waals surface area contributed by atoms with Gasteiger partial charge < -0.3 is 14.1 Å². The van der Waals surface area contributed by atoms with E-state index in [0.717, 1.165) is 16.5 Å². The molecule has 0 radical (unpaired) electrons. The Balaban J connectivity index is 1.76. The zero-order valence-electron chi connectivity index (χ0n) is 13.1. The first kappa shape index (κ1) is 16.0. The molecule has 6 heteroatoms. The van der Waals surface area contributed by atoms with E-state index in [4.69, 9.17) is 4.42 Å². The third-order valence-electron chi connectivity index (χ3n) is 3.84. The summed E-state index contributed by atoms with van der Waals surface area (Å²) in [4.78, 5) is 26.2. The van der Waals surface area contributed by atoms with Crippen molar-refractivity contribution in [2.75, 3.05) is 7.11 Å². The van der Waals surface area contributed by atoms with Crippen LogP contribution in [0, 0.1) is 5.82 Å². The fourth-order valence-electron chi connectivity index (χ4n) is 2.57. The number of hydrogen-bond donors (Lipinski definition) is 1. The lowest BCUT2D eigenvalue weighted by molar-refractivity contribution is -0.140. The van der Waals surface area contributed by atoms with Crippen LogP contribution in [-0.4, -0.2) is 23.8 Å². The second-order valence-electron chi connectivity index (χ2n) is 5.44. The van der Waals surface area contributed by atoms with Crippen LogP contribution in [0.5, 0.6) is 0 Å².